The molecule has 0 amide bonds. The predicted octanol–water partition coefficient (Wildman–Crippen LogP) is 4.77. The molecule has 0 unspecified atom stereocenters. The second-order valence-corrected chi connectivity index (χ2v) is 5.76. The zero-order chi connectivity index (χ0) is 16.5. The Labute approximate surface area is 139 Å². The first-order valence-corrected chi connectivity index (χ1v) is 7.78. The maximum absolute atomic E-state index is 5.41. The molecule has 0 atom stereocenters. The lowest BCUT2D eigenvalue weighted by molar-refractivity contribution is -0.108. The molecule has 0 aliphatic carbocycles. The van der Waals surface area contributed by atoms with E-state index in [1.54, 1.807) is 0 Å². The second-order valence-electron chi connectivity index (χ2n) is 5.76. The molecule has 0 spiro atoms. The summed E-state index contributed by atoms with van der Waals surface area (Å²) >= 11 is 0. The van der Waals surface area contributed by atoms with Crippen molar-refractivity contribution in [1.29, 1.82) is 0 Å². The highest BCUT2D eigenvalue weighted by Gasteiger charge is 2.07. The number of pyridine rings is 2. The first-order valence-electron chi connectivity index (χ1n) is 7.78. The SMILES string of the molecule is Cc1cc(OOc2cc(C)c3ccccc3n2)nc2ccccc12. The van der Waals surface area contributed by atoms with Crippen molar-refractivity contribution in [2.24, 2.45) is 0 Å². The number of hydrogen-bond donors (Lipinski definition) is 0. The van der Waals surface area contributed by atoms with E-state index in [1.165, 1.54) is 0 Å². The van der Waals surface area contributed by atoms with Gasteiger partial charge in [-0.05, 0) is 37.1 Å². The first-order chi connectivity index (χ1) is 11.7. The molecule has 0 aliphatic rings. The van der Waals surface area contributed by atoms with E-state index >= 15 is 0 Å². The van der Waals surface area contributed by atoms with Crippen LogP contribution in [0.2, 0.25) is 0 Å². The average molecular weight is 316 g/mol. The van der Waals surface area contributed by atoms with Gasteiger partial charge in [0.25, 0.3) is 11.8 Å². The Morgan fingerprint density at radius 1 is 0.625 bits per heavy atom. The molecule has 0 N–H and O–H groups in total. The van der Waals surface area contributed by atoms with Gasteiger partial charge in [0.15, 0.2) is 0 Å². The van der Waals surface area contributed by atoms with Crippen LogP contribution in [-0.2, 0) is 0 Å². The molecule has 2 heterocycles. The van der Waals surface area contributed by atoms with E-state index in [0.717, 1.165) is 32.9 Å². The Morgan fingerprint density at radius 3 is 1.50 bits per heavy atom. The molecule has 2 aromatic heterocycles. The molecule has 24 heavy (non-hydrogen) atoms. The molecule has 4 nitrogen and oxygen atoms in total. The highest BCUT2D eigenvalue weighted by Crippen LogP contribution is 2.24. The molecule has 4 heteroatoms. The minimum atomic E-state index is 0.416. The van der Waals surface area contributed by atoms with Crippen molar-refractivity contribution in [2.45, 2.75) is 13.8 Å². The predicted molar refractivity (Wildman–Crippen MR) is 94.2 cm³/mol. The van der Waals surface area contributed by atoms with Crippen LogP contribution >= 0.6 is 0 Å². The number of rotatable bonds is 3. The van der Waals surface area contributed by atoms with E-state index in [4.69, 9.17) is 9.78 Å². The van der Waals surface area contributed by atoms with Gasteiger partial charge >= 0.3 is 0 Å². The molecule has 0 bridgehead atoms. The van der Waals surface area contributed by atoms with E-state index in [2.05, 4.69) is 9.97 Å². The van der Waals surface area contributed by atoms with Crippen LogP contribution in [0.15, 0.2) is 60.7 Å². The Balaban J connectivity index is 1.63. The van der Waals surface area contributed by atoms with Gasteiger partial charge in [0, 0.05) is 22.9 Å². The average Bonchev–Trinajstić information content (AvgIpc) is 2.60. The van der Waals surface area contributed by atoms with Crippen LogP contribution in [0.1, 0.15) is 11.1 Å². The van der Waals surface area contributed by atoms with Crippen molar-refractivity contribution in [3.05, 3.63) is 71.8 Å². The maximum atomic E-state index is 5.41. The number of para-hydroxylation sites is 2. The van der Waals surface area contributed by atoms with E-state index in [0.29, 0.717) is 11.8 Å². The summed E-state index contributed by atoms with van der Waals surface area (Å²) in [7, 11) is 0. The quantitative estimate of drug-likeness (QED) is 0.403. The lowest BCUT2D eigenvalue weighted by Gasteiger charge is -2.09. The lowest BCUT2D eigenvalue weighted by atomic mass is 10.1. The summed E-state index contributed by atoms with van der Waals surface area (Å²) in [6.45, 7) is 4.05. The number of benzene rings is 2. The highest BCUT2D eigenvalue weighted by atomic mass is 17.2. The van der Waals surface area contributed by atoms with E-state index in [-0.39, 0.29) is 0 Å². The molecular formula is C20H16N2O2. The Bertz CT molecular complexity index is 959. The highest BCUT2D eigenvalue weighted by molar-refractivity contribution is 5.83. The van der Waals surface area contributed by atoms with Crippen molar-refractivity contribution in [2.75, 3.05) is 0 Å². The topological polar surface area (TPSA) is 44.2 Å². The van der Waals surface area contributed by atoms with Crippen LogP contribution in [0.4, 0.5) is 0 Å². The largest absolute Gasteiger partial charge is 0.270 e. The summed E-state index contributed by atoms with van der Waals surface area (Å²) in [4.78, 5) is 19.7. The molecule has 0 aliphatic heterocycles. The fourth-order valence-electron chi connectivity index (χ4n) is 2.81. The normalized spacial score (nSPS) is 10.9. The van der Waals surface area contributed by atoms with Crippen molar-refractivity contribution in [3.63, 3.8) is 0 Å². The van der Waals surface area contributed by atoms with Crippen LogP contribution in [0.25, 0.3) is 21.8 Å². The minimum Gasteiger partial charge on any atom is -0.267 e. The summed E-state index contributed by atoms with van der Waals surface area (Å²) < 4.78 is 0. The van der Waals surface area contributed by atoms with Gasteiger partial charge in [-0.2, -0.15) is 0 Å². The standard InChI is InChI=1S/C20H16N2O2/c1-13-11-19(21-17-9-5-3-7-15(13)17)23-24-20-12-14(2)16-8-4-6-10-18(16)22-20/h3-12H,1-2H3. The van der Waals surface area contributed by atoms with Gasteiger partial charge in [-0.25, -0.2) is 9.97 Å². The number of fused-ring (bicyclic) bond motifs is 2. The van der Waals surface area contributed by atoms with Gasteiger partial charge in [-0.3, -0.25) is 9.78 Å². The van der Waals surface area contributed by atoms with Gasteiger partial charge < -0.3 is 0 Å². The van der Waals surface area contributed by atoms with Gasteiger partial charge in [-0.15, -0.1) is 0 Å². The number of aromatic nitrogens is 2. The van der Waals surface area contributed by atoms with Gasteiger partial charge in [-0.1, -0.05) is 36.4 Å². The van der Waals surface area contributed by atoms with Crippen molar-refractivity contribution < 1.29 is 9.78 Å². The van der Waals surface area contributed by atoms with Gasteiger partial charge in [0.2, 0.25) is 0 Å². The summed E-state index contributed by atoms with van der Waals surface area (Å²) in [5, 5.41) is 2.20. The summed E-state index contributed by atoms with van der Waals surface area (Å²) in [5.41, 5.74) is 3.92. The molecule has 0 fully saturated rings. The van der Waals surface area contributed by atoms with Crippen LogP contribution in [-0.4, -0.2) is 9.97 Å². The fraction of sp³-hybridized carbons (Fsp3) is 0.100. The van der Waals surface area contributed by atoms with Crippen molar-refractivity contribution in [3.8, 4) is 11.8 Å². The fourth-order valence-corrected chi connectivity index (χ4v) is 2.81. The van der Waals surface area contributed by atoms with E-state index in [9.17, 15) is 0 Å². The Hall–Kier alpha value is -3.14. The van der Waals surface area contributed by atoms with Crippen molar-refractivity contribution in [1.82, 2.24) is 9.97 Å². The lowest BCUT2D eigenvalue weighted by Crippen LogP contribution is -2.04. The van der Waals surface area contributed by atoms with Crippen LogP contribution in [0.5, 0.6) is 11.8 Å². The van der Waals surface area contributed by atoms with Crippen LogP contribution < -0.4 is 9.78 Å². The van der Waals surface area contributed by atoms with Crippen molar-refractivity contribution >= 4 is 21.8 Å². The molecule has 0 radical (unpaired) electrons. The van der Waals surface area contributed by atoms with Gasteiger partial charge in [0.05, 0.1) is 11.0 Å². The molecule has 4 rings (SSSR count). The number of nitrogens with zero attached hydrogens (tertiary/aromatic N) is 2. The molecule has 0 saturated heterocycles. The third-order valence-electron chi connectivity index (χ3n) is 4.01. The molecule has 118 valence electrons. The summed E-state index contributed by atoms with van der Waals surface area (Å²) in [6.07, 6.45) is 0. The van der Waals surface area contributed by atoms with E-state index in [1.807, 2.05) is 74.5 Å². The van der Waals surface area contributed by atoms with Gasteiger partial charge in [0.1, 0.15) is 0 Å². The van der Waals surface area contributed by atoms with E-state index < -0.39 is 0 Å². The summed E-state index contributed by atoms with van der Waals surface area (Å²) in [6, 6.07) is 19.6. The third kappa shape index (κ3) is 2.63. The number of aryl methyl sites for hydroxylation is 2. The molecule has 2 aromatic carbocycles. The minimum absolute atomic E-state index is 0.416. The zero-order valence-electron chi connectivity index (χ0n) is 13.5. The smallest absolute Gasteiger partial charge is 0.267 e. The Morgan fingerprint density at radius 2 is 1.04 bits per heavy atom. The Kier molecular flexibility index (Phi) is 3.50. The molecule has 4 aromatic rings. The first kappa shape index (κ1) is 14.5. The summed E-state index contributed by atoms with van der Waals surface area (Å²) in [5.74, 6) is 0.831. The molecular weight excluding hydrogens is 300 g/mol. The van der Waals surface area contributed by atoms with Crippen LogP contribution in [0.3, 0.4) is 0 Å². The third-order valence-corrected chi connectivity index (χ3v) is 4.01. The second kappa shape index (κ2) is 5.81. The van der Waals surface area contributed by atoms with Crippen LogP contribution in [0, 0.1) is 13.8 Å². The zero-order valence-corrected chi connectivity index (χ0v) is 13.5. The maximum Gasteiger partial charge on any atom is 0.270 e. The number of hydrogen-bond acceptors (Lipinski definition) is 4. The molecule has 0 saturated carbocycles. The monoisotopic (exact) mass is 316 g/mol.